The van der Waals surface area contributed by atoms with Crippen LogP contribution in [-0.2, 0) is 6.42 Å². The van der Waals surface area contributed by atoms with Crippen LogP contribution in [0.1, 0.15) is 11.1 Å². The molecule has 0 bridgehead atoms. The van der Waals surface area contributed by atoms with Crippen LogP contribution in [0.5, 0.6) is 0 Å². The fourth-order valence-corrected chi connectivity index (χ4v) is 4.14. The molecule has 1 aliphatic carbocycles. The summed E-state index contributed by atoms with van der Waals surface area (Å²) in [6.07, 6.45) is 0.863. The van der Waals surface area contributed by atoms with Gasteiger partial charge in [0.25, 0.3) is 0 Å². The van der Waals surface area contributed by atoms with Gasteiger partial charge in [0.1, 0.15) is 0 Å². The van der Waals surface area contributed by atoms with E-state index >= 15 is 0 Å². The number of aromatic nitrogens is 1. The Hall–Kier alpha value is -2.35. The van der Waals surface area contributed by atoms with E-state index in [0.29, 0.717) is 5.02 Å². The number of benzene rings is 3. The smallest absolute Gasteiger partial charge is 0.0754 e. The van der Waals surface area contributed by atoms with Crippen molar-refractivity contribution in [1.29, 1.82) is 0 Å². The number of pyridine rings is 1. The highest BCUT2D eigenvalue weighted by Crippen LogP contribution is 2.45. The Kier molecular flexibility index (Phi) is 3.34. The van der Waals surface area contributed by atoms with Crippen molar-refractivity contribution in [3.8, 4) is 22.4 Å². The molecule has 0 amide bonds. The largest absolute Gasteiger partial charge is 0.247 e. The van der Waals surface area contributed by atoms with Gasteiger partial charge in [-0.2, -0.15) is 0 Å². The zero-order valence-electron chi connectivity index (χ0n) is 13.3. The van der Waals surface area contributed by atoms with Crippen molar-refractivity contribution in [2.45, 2.75) is 6.42 Å². The van der Waals surface area contributed by atoms with E-state index in [-0.39, 0.29) is 0 Å². The van der Waals surface area contributed by atoms with Crippen LogP contribution in [-0.4, -0.2) is 4.98 Å². The summed E-state index contributed by atoms with van der Waals surface area (Å²) in [4.78, 5) is 4.95. The monoisotopic (exact) mass is 361 g/mol. The van der Waals surface area contributed by atoms with Crippen molar-refractivity contribution >= 4 is 34.1 Å². The first-order valence-electron chi connectivity index (χ1n) is 8.18. The van der Waals surface area contributed by atoms with E-state index in [2.05, 4.69) is 30.3 Å². The molecule has 0 radical (unpaired) electrons. The van der Waals surface area contributed by atoms with Crippen LogP contribution < -0.4 is 0 Å². The van der Waals surface area contributed by atoms with Crippen LogP contribution in [0.3, 0.4) is 0 Å². The van der Waals surface area contributed by atoms with Gasteiger partial charge in [-0.3, -0.25) is 0 Å². The molecule has 1 aliphatic rings. The Balaban J connectivity index is 1.94. The van der Waals surface area contributed by atoms with E-state index in [1.54, 1.807) is 0 Å². The number of rotatable bonds is 1. The molecule has 0 spiro atoms. The molecule has 0 N–H and O–H groups in total. The molecule has 0 saturated heterocycles. The van der Waals surface area contributed by atoms with E-state index in [1.165, 1.54) is 16.7 Å². The van der Waals surface area contributed by atoms with Gasteiger partial charge in [0.05, 0.1) is 11.2 Å². The highest BCUT2D eigenvalue weighted by molar-refractivity contribution is 6.34. The van der Waals surface area contributed by atoms with Crippen LogP contribution in [0.2, 0.25) is 10.0 Å². The molecule has 0 atom stereocenters. The molecular formula is C22H13Cl2N. The Labute approximate surface area is 155 Å². The predicted octanol–water partition coefficient (Wildman–Crippen LogP) is 6.78. The molecule has 1 nitrogen and oxygen atoms in total. The second kappa shape index (κ2) is 5.59. The minimum atomic E-state index is 0.707. The van der Waals surface area contributed by atoms with Crippen molar-refractivity contribution in [2.24, 2.45) is 0 Å². The first-order chi connectivity index (χ1) is 12.2. The van der Waals surface area contributed by atoms with Gasteiger partial charge in [-0.15, -0.1) is 0 Å². The van der Waals surface area contributed by atoms with Crippen LogP contribution in [0.25, 0.3) is 33.3 Å². The first kappa shape index (κ1) is 14.9. The summed E-state index contributed by atoms with van der Waals surface area (Å²) in [5.41, 5.74) is 7.91. The molecular weight excluding hydrogens is 349 g/mol. The molecule has 120 valence electrons. The maximum Gasteiger partial charge on any atom is 0.0754 e. The van der Waals surface area contributed by atoms with E-state index in [1.807, 2.05) is 36.4 Å². The molecule has 1 heterocycles. The summed E-state index contributed by atoms with van der Waals surface area (Å²) in [5.74, 6) is 0. The lowest BCUT2D eigenvalue weighted by atomic mass is 9.94. The fraction of sp³-hybridized carbons (Fsp3) is 0.0455. The number of halogens is 2. The van der Waals surface area contributed by atoms with Gasteiger partial charge in [-0.05, 0) is 41.0 Å². The van der Waals surface area contributed by atoms with E-state index in [9.17, 15) is 0 Å². The fourth-order valence-electron chi connectivity index (χ4n) is 3.74. The Morgan fingerprint density at radius 1 is 0.800 bits per heavy atom. The topological polar surface area (TPSA) is 12.9 Å². The van der Waals surface area contributed by atoms with Crippen molar-refractivity contribution in [2.75, 3.05) is 0 Å². The van der Waals surface area contributed by atoms with Gasteiger partial charge in [-0.1, -0.05) is 65.7 Å². The summed E-state index contributed by atoms with van der Waals surface area (Å²) in [6, 6.07) is 22.3. The lowest BCUT2D eigenvalue weighted by Crippen LogP contribution is -1.94. The third kappa shape index (κ3) is 2.27. The standard InChI is InChI=1S/C22H13Cl2N/c23-14-9-10-20-17(12-14)21(16-7-3-4-8-19(16)24)18-11-13-5-1-2-6-15(13)22(18)25-20/h1-10,12H,11H2. The zero-order valence-corrected chi connectivity index (χ0v) is 14.8. The number of hydrogen-bond acceptors (Lipinski definition) is 1. The number of hydrogen-bond donors (Lipinski definition) is 0. The number of fused-ring (bicyclic) bond motifs is 4. The summed E-state index contributed by atoms with van der Waals surface area (Å²) in [7, 11) is 0. The van der Waals surface area contributed by atoms with E-state index < -0.39 is 0 Å². The van der Waals surface area contributed by atoms with Crippen molar-refractivity contribution in [3.05, 3.63) is 87.9 Å². The van der Waals surface area contributed by atoms with Crippen LogP contribution >= 0.6 is 23.2 Å². The average Bonchev–Trinajstić information content (AvgIpc) is 2.99. The highest BCUT2D eigenvalue weighted by atomic mass is 35.5. The lowest BCUT2D eigenvalue weighted by molar-refractivity contribution is 1.25. The third-order valence-electron chi connectivity index (χ3n) is 4.83. The highest BCUT2D eigenvalue weighted by Gasteiger charge is 2.25. The van der Waals surface area contributed by atoms with Crippen LogP contribution in [0.4, 0.5) is 0 Å². The number of nitrogens with zero attached hydrogens (tertiary/aromatic N) is 1. The molecule has 4 aromatic rings. The van der Waals surface area contributed by atoms with Crippen LogP contribution in [0.15, 0.2) is 66.7 Å². The summed E-state index contributed by atoms with van der Waals surface area (Å²) in [6.45, 7) is 0. The second-order valence-corrected chi connectivity index (χ2v) is 7.13. The quantitative estimate of drug-likeness (QED) is 0.320. The van der Waals surface area contributed by atoms with Crippen molar-refractivity contribution in [1.82, 2.24) is 4.98 Å². The lowest BCUT2D eigenvalue weighted by Gasteiger charge is -2.14. The van der Waals surface area contributed by atoms with Gasteiger partial charge in [-0.25, -0.2) is 4.98 Å². The molecule has 0 fully saturated rings. The van der Waals surface area contributed by atoms with E-state index in [4.69, 9.17) is 28.2 Å². The molecule has 1 aromatic heterocycles. The average molecular weight is 362 g/mol. The normalized spacial score (nSPS) is 12.2. The minimum absolute atomic E-state index is 0.707. The summed E-state index contributed by atoms with van der Waals surface area (Å²) >= 11 is 12.9. The molecule has 3 heteroatoms. The summed E-state index contributed by atoms with van der Waals surface area (Å²) in [5, 5.41) is 2.50. The summed E-state index contributed by atoms with van der Waals surface area (Å²) < 4.78 is 0. The van der Waals surface area contributed by atoms with E-state index in [0.717, 1.165) is 39.2 Å². The van der Waals surface area contributed by atoms with Gasteiger partial charge < -0.3 is 0 Å². The predicted molar refractivity (Wildman–Crippen MR) is 105 cm³/mol. The zero-order chi connectivity index (χ0) is 17.0. The molecule has 0 aliphatic heterocycles. The molecule has 25 heavy (non-hydrogen) atoms. The van der Waals surface area contributed by atoms with Crippen molar-refractivity contribution < 1.29 is 0 Å². The van der Waals surface area contributed by atoms with Crippen molar-refractivity contribution in [3.63, 3.8) is 0 Å². The van der Waals surface area contributed by atoms with Gasteiger partial charge >= 0.3 is 0 Å². The molecule has 0 unspecified atom stereocenters. The SMILES string of the molecule is Clc1ccc2nc3c(c(-c4ccccc4Cl)c2c1)Cc1ccccc1-3. The van der Waals surface area contributed by atoms with Crippen LogP contribution in [0, 0.1) is 0 Å². The maximum atomic E-state index is 6.56. The first-order valence-corrected chi connectivity index (χ1v) is 8.93. The Bertz CT molecular complexity index is 1150. The maximum absolute atomic E-state index is 6.56. The van der Waals surface area contributed by atoms with Gasteiger partial charge in [0, 0.05) is 33.0 Å². The van der Waals surface area contributed by atoms with Gasteiger partial charge in [0.2, 0.25) is 0 Å². The third-order valence-corrected chi connectivity index (χ3v) is 5.40. The second-order valence-electron chi connectivity index (χ2n) is 6.29. The minimum Gasteiger partial charge on any atom is -0.247 e. The Morgan fingerprint density at radius 2 is 1.56 bits per heavy atom. The molecule has 3 aromatic carbocycles. The molecule has 0 saturated carbocycles. The Morgan fingerprint density at radius 3 is 2.40 bits per heavy atom. The van der Waals surface area contributed by atoms with Gasteiger partial charge in [0.15, 0.2) is 0 Å². The molecule has 5 rings (SSSR count).